The van der Waals surface area contributed by atoms with Crippen LogP contribution in [0.5, 0.6) is 0 Å². The van der Waals surface area contributed by atoms with E-state index in [-0.39, 0.29) is 5.91 Å². The highest BCUT2D eigenvalue weighted by molar-refractivity contribution is 5.76. The molecule has 0 radical (unpaired) electrons. The third-order valence-electron chi connectivity index (χ3n) is 3.82. The van der Waals surface area contributed by atoms with Gasteiger partial charge in [-0.05, 0) is 37.8 Å². The summed E-state index contributed by atoms with van der Waals surface area (Å²) in [7, 11) is 1.96. The quantitative estimate of drug-likeness (QED) is 0.800. The van der Waals surface area contributed by atoms with E-state index >= 15 is 0 Å². The normalized spacial score (nSPS) is 15.8. The number of aryl methyl sites for hydroxylation is 1. The maximum absolute atomic E-state index is 12.0. The molecule has 1 aromatic rings. The van der Waals surface area contributed by atoms with Crippen molar-refractivity contribution < 1.29 is 4.79 Å². The zero-order chi connectivity index (χ0) is 12.8. The summed E-state index contributed by atoms with van der Waals surface area (Å²) in [6.07, 6.45) is 9.15. The minimum absolute atomic E-state index is 0.290. The fourth-order valence-electron chi connectivity index (χ4n) is 2.64. The van der Waals surface area contributed by atoms with Crippen LogP contribution >= 0.6 is 0 Å². The van der Waals surface area contributed by atoms with E-state index in [9.17, 15) is 4.79 Å². The van der Waals surface area contributed by atoms with Crippen molar-refractivity contribution in [3.8, 4) is 0 Å². The first kappa shape index (κ1) is 13.1. The zero-order valence-electron chi connectivity index (χ0n) is 11.1. The molecule has 0 N–H and O–H groups in total. The number of amides is 1. The van der Waals surface area contributed by atoms with Crippen molar-refractivity contribution in [1.29, 1.82) is 0 Å². The van der Waals surface area contributed by atoms with Gasteiger partial charge in [-0.15, -0.1) is 0 Å². The van der Waals surface area contributed by atoms with Crippen LogP contribution in [0.25, 0.3) is 0 Å². The van der Waals surface area contributed by atoms with Crippen molar-refractivity contribution in [2.24, 2.45) is 0 Å². The first-order valence-corrected chi connectivity index (χ1v) is 6.93. The fraction of sp³-hybridized carbons (Fsp3) is 0.600. The summed E-state index contributed by atoms with van der Waals surface area (Å²) in [5, 5.41) is 0. The lowest BCUT2D eigenvalue weighted by Crippen LogP contribution is -2.35. The molecule has 0 saturated heterocycles. The lowest BCUT2D eigenvalue weighted by atomic mass is 10.1. The number of rotatable bonds is 5. The van der Waals surface area contributed by atoms with Gasteiger partial charge in [0.25, 0.3) is 0 Å². The molecule has 0 atom stereocenters. The number of hydrogen-bond donors (Lipinski definition) is 0. The van der Waals surface area contributed by atoms with E-state index in [1.807, 2.05) is 36.3 Å². The molecule has 2 rings (SSSR count). The second-order valence-electron chi connectivity index (χ2n) is 5.12. The Labute approximate surface area is 109 Å². The summed E-state index contributed by atoms with van der Waals surface area (Å²) in [6, 6.07) is 6.43. The minimum Gasteiger partial charge on any atom is -0.343 e. The Kier molecular flexibility index (Phi) is 4.73. The van der Waals surface area contributed by atoms with Crippen LogP contribution < -0.4 is 0 Å². The van der Waals surface area contributed by atoms with E-state index < -0.39 is 0 Å². The van der Waals surface area contributed by atoms with Gasteiger partial charge in [-0.25, -0.2) is 0 Å². The highest BCUT2D eigenvalue weighted by Crippen LogP contribution is 2.23. The van der Waals surface area contributed by atoms with Crippen LogP contribution in [0.3, 0.4) is 0 Å². The van der Waals surface area contributed by atoms with Gasteiger partial charge in [0.15, 0.2) is 0 Å². The first-order valence-electron chi connectivity index (χ1n) is 6.93. The molecule has 1 aliphatic rings. The van der Waals surface area contributed by atoms with E-state index in [4.69, 9.17) is 0 Å². The average molecular weight is 246 g/mol. The van der Waals surface area contributed by atoms with Crippen molar-refractivity contribution >= 4 is 5.91 Å². The zero-order valence-corrected chi connectivity index (χ0v) is 11.1. The lowest BCUT2D eigenvalue weighted by molar-refractivity contribution is -0.131. The molecule has 1 aromatic heterocycles. The highest BCUT2D eigenvalue weighted by Gasteiger charge is 2.22. The standard InChI is InChI=1S/C15H22N2O/c1-17(14-9-2-3-10-14)15(18)11-6-8-13-7-4-5-12-16-13/h4-5,7,12,14H,2-3,6,8-11H2,1H3. The predicted molar refractivity (Wildman–Crippen MR) is 72.2 cm³/mol. The summed E-state index contributed by atoms with van der Waals surface area (Å²) in [6.45, 7) is 0. The number of nitrogens with zero attached hydrogens (tertiary/aromatic N) is 2. The molecule has 3 heteroatoms. The van der Waals surface area contributed by atoms with Crippen molar-refractivity contribution in [1.82, 2.24) is 9.88 Å². The van der Waals surface area contributed by atoms with Crippen molar-refractivity contribution in [3.63, 3.8) is 0 Å². The van der Waals surface area contributed by atoms with Gasteiger partial charge < -0.3 is 4.90 Å². The van der Waals surface area contributed by atoms with E-state index in [0.29, 0.717) is 12.5 Å². The van der Waals surface area contributed by atoms with Crippen LogP contribution in [0.4, 0.5) is 0 Å². The van der Waals surface area contributed by atoms with Gasteiger partial charge >= 0.3 is 0 Å². The number of hydrogen-bond acceptors (Lipinski definition) is 2. The van der Waals surface area contributed by atoms with Gasteiger partial charge in [0.05, 0.1) is 0 Å². The number of carbonyl (C=O) groups is 1. The topological polar surface area (TPSA) is 33.2 Å². The van der Waals surface area contributed by atoms with Crippen LogP contribution in [0.1, 0.15) is 44.2 Å². The van der Waals surface area contributed by atoms with E-state index in [0.717, 1.165) is 18.5 Å². The Morgan fingerprint density at radius 2 is 2.17 bits per heavy atom. The third-order valence-corrected chi connectivity index (χ3v) is 3.82. The summed E-state index contributed by atoms with van der Waals surface area (Å²) in [5.41, 5.74) is 1.08. The van der Waals surface area contributed by atoms with Crippen molar-refractivity contribution in [3.05, 3.63) is 30.1 Å². The SMILES string of the molecule is CN(C(=O)CCCc1ccccn1)C1CCCC1. The largest absolute Gasteiger partial charge is 0.343 e. The van der Waals surface area contributed by atoms with Crippen LogP contribution in [-0.4, -0.2) is 28.9 Å². The molecule has 0 unspecified atom stereocenters. The predicted octanol–water partition coefficient (Wildman–Crippen LogP) is 2.81. The maximum Gasteiger partial charge on any atom is 0.222 e. The van der Waals surface area contributed by atoms with Gasteiger partial charge in [-0.3, -0.25) is 9.78 Å². The first-order chi connectivity index (χ1) is 8.77. The summed E-state index contributed by atoms with van der Waals surface area (Å²) >= 11 is 0. The smallest absolute Gasteiger partial charge is 0.222 e. The van der Waals surface area contributed by atoms with Crippen molar-refractivity contribution in [2.45, 2.75) is 51.0 Å². The van der Waals surface area contributed by atoms with E-state index in [1.54, 1.807) is 0 Å². The van der Waals surface area contributed by atoms with Gasteiger partial charge in [0.2, 0.25) is 5.91 Å². The molecule has 0 bridgehead atoms. The molecule has 0 aromatic carbocycles. The van der Waals surface area contributed by atoms with Crippen LogP contribution in [0.15, 0.2) is 24.4 Å². The molecule has 98 valence electrons. The molecule has 3 nitrogen and oxygen atoms in total. The van der Waals surface area contributed by atoms with Crippen LogP contribution in [-0.2, 0) is 11.2 Å². The number of pyridine rings is 1. The minimum atomic E-state index is 0.290. The van der Waals surface area contributed by atoms with E-state index in [2.05, 4.69) is 4.98 Å². The molecule has 1 amide bonds. The lowest BCUT2D eigenvalue weighted by Gasteiger charge is -2.24. The fourth-order valence-corrected chi connectivity index (χ4v) is 2.64. The maximum atomic E-state index is 12.0. The monoisotopic (exact) mass is 246 g/mol. The molecular formula is C15H22N2O. The Morgan fingerprint density at radius 3 is 2.83 bits per heavy atom. The average Bonchev–Trinajstić information content (AvgIpc) is 2.93. The molecule has 1 aliphatic carbocycles. The molecule has 0 spiro atoms. The molecule has 1 fully saturated rings. The van der Waals surface area contributed by atoms with E-state index in [1.165, 1.54) is 25.7 Å². The number of carbonyl (C=O) groups excluding carboxylic acids is 1. The molecule has 1 saturated carbocycles. The second-order valence-corrected chi connectivity index (χ2v) is 5.12. The number of aromatic nitrogens is 1. The van der Waals surface area contributed by atoms with Crippen molar-refractivity contribution in [2.75, 3.05) is 7.05 Å². The Morgan fingerprint density at radius 1 is 1.39 bits per heavy atom. The van der Waals surface area contributed by atoms with Gasteiger partial charge in [0.1, 0.15) is 0 Å². The van der Waals surface area contributed by atoms with Gasteiger partial charge in [-0.2, -0.15) is 0 Å². The second kappa shape index (κ2) is 6.53. The molecule has 18 heavy (non-hydrogen) atoms. The van der Waals surface area contributed by atoms with Crippen LogP contribution in [0, 0.1) is 0 Å². The van der Waals surface area contributed by atoms with Gasteiger partial charge in [0, 0.05) is 31.4 Å². The Balaban J connectivity index is 1.71. The highest BCUT2D eigenvalue weighted by atomic mass is 16.2. The third kappa shape index (κ3) is 3.56. The van der Waals surface area contributed by atoms with Gasteiger partial charge in [-0.1, -0.05) is 18.9 Å². The summed E-state index contributed by atoms with van der Waals surface area (Å²) in [5.74, 6) is 0.290. The molecule has 0 aliphatic heterocycles. The Hall–Kier alpha value is -1.38. The summed E-state index contributed by atoms with van der Waals surface area (Å²) < 4.78 is 0. The molecule has 1 heterocycles. The summed E-state index contributed by atoms with van der Waals surface area (Å²) in [4.78, 5) is 18.3. The van der Waals surface area contributed by atoms with Crippen LogP contribution in [0.2, 0.25) is 0 Å². The Bertz CT molecular complexity index is 371. The molecular weight excluding hydrogens is 224 g/mol.